The van der Waals surface area contributed by atoms with Crippen molar-refractivity contribution in [1.29, 1.82) is 0 Å². The summed E-state index contributed by atoms with van der Waals surface area (Å²) in [7, 11) is -3.48. The van der Waals surface area contributed by atoms with Gasteiger partial charge in [-0.15, -0.1) is 0 Å². The third-order valence-electron chi connectivity index (χ3n) is 3.30. The van der Waals surface area contributed by atoms with Gasteiger partial charge in [0.05, 0.1) is 0 Å². The van der Waals surface area contributed by atoms with E-state index < -0.39 is 10.0 Å². The van der Waals surface area contributed by atoms with E-state index in [1.54, 1.807) is 12.1 Å². The largest absolute Gasteiger partial charge is 0.370 e. The van der Waals surface area contributed by atoms with Gasteiger partial charge in [-0.1, -0.05) is 27.7 Å². The van der Waals surface area contributed by atoms with Crippen molar-refractivity contribution in [3.8, 4) is 0 Å². The van der Waals surface area contributed by atoms with Crippen LogP contribution in [-0.2, 0) is 10.0 Å². The van der Waals surface area contributed by atoms with Crippen LogP contribution in [0.3, 0.4) is 0 Å². The molecule has 0 saturated heterocycles. The van der Waals surface area contributed by atoms with E-state index in [2.05, 4.69) is 21.9 Å². The molecule has 0 saturated carbocycles. The first kappa shape index (κ1) is 16.9. The number of hydrogen-bond acceptors (Lipinski definition) is 4. The van der Waals surface area contributed by atoms with E-state index in [1.807, 2.05) is 20.8 Å². The Bertz CT molecular complexity index is 510. The summed E-state index contributed by atoms with van der Waals surface area (Å²) in [6, 6.07) is 3.27. The van der Waals surface area contributed by atoms with Gasteiger partial charge >= 0.3 is 0 Å². The van der Waals surface area contributed by atoms with Crippen LogP contribution in [0.1, 0.15) is 40.5 Å². The molecular weight excluding hydrogens is 274 g/mol. The lowest BCUT2D eigenvalue weighted by atomic mass is 9.91. The Kier molecular flexibility index (Phi) is 5.95. The van der Waals surface area contributed by atoms with E-state index in [-0.39, 0.29) is 10.3 Å². The average Bonchev–Trinajstić information content (AvgIpc) is 2.44. The molecule has 0 aliphatic heterocycles. The van der Waals surface area contributed by atoms with Crippen LogP contribution in [0.5, 0.6) is 0 Å². The fourth-order valence-corrected chi connectivity index (χ4v) is 2.58. The van der Waals surface area contributed by atoms with Gasteiger partial charge < -0.3 is 5.32 Å². The molecule has 0 aliphatic rings. The highest BCUT2D eigenvalue weighted by Gasteiger charge is 2.20. The summed E-state index contributed by atoms with van der Waals surface area (Å²) in [5.74, 6) is 0.694. The SMILES string of the molecule is CCCNc1ccc(S(=O)(=O)NCC(C)(C)CC)cn1. The van der Waals surface area contributed by atoms with Crippen molar-refractivity contribution < 1.29 is 8.42 Å². The molecule has 0 amide bonds. The summed E-state index contributed by atoms with van der Waals surface area (Å²) >= 11 is 0. The molecule has 1 aromatic heterocycles. The number of pyridine rings is 1. The molecule has 0 radical (unpaired) electrons. The molecule has 0 aromatic carbocycles. The van der Waals surface area contributed by atoms with Crippen LogP contribution in [0.25, 0.3) is 0 Å². The van der Waals surface area contributed by atoms with E-state index >= 15 is 0 Å². The number of nitrogens with zero attached hydrogens (tertiary/aromatic N) is 1. The minimum atomic E-state index is -3.48. The maximum absolute atomic E-state index is 12.1. The van der Waals surface area contributed by atoms with E-state index in [1.165, 1.54) is 6.20 Å². The van der Waals surface area contributed by atoms with Crippen molar-refractivity contribution in [1.82, 2.24) is 9.71 Å². The van der Waals surface area contributed by atoms with Gasteiger partial charge in [-0.05, 0) is 30.4 Å². The lowest BCUT2D eigenvalue weighted by Crippen LogP contribution is -2.33. The van der Waals surface area contributed by atoms with Gasteiger partial charge in [0.15, 0.2) is 0 Å². The fourth-order valence-electron chi connectivity index (χ4n) is 1.40. The lowest BCUT2D eigenvalue weighted by molar-refractivity contribution is 0.350. The van der Waals surface area contributed by atoms with Gasteiger partial charge in [0.1, 0.15) is 10.7 Å². The van der Waals surface area contributed by atoms with Crippen molar-refractivity contribution >= 4 is 15.8 Å². The second-order valence-corrected chi connectivity index (χ2v) is 7.42. The van der Waals surface area contributed by atoms with Gasteiger partial charge in [0.25, 0.3) is 0 Å². The molecule has 5 nitrogen and oxygen atoms in total. The Hall–Kier alpha value is -1.14. The quantitative estimate of drug-likeness (QED) is 0.774. The zero-order chi connectivity index (χ0) is 15.2. The third kappa shape index (κ3) is 5.09. The second-order valence-electron chi connectivity index (χ2n) is 5.65. The number of aromatic nitrogens is 1. The highest BCUT2D eigenvalue weighted by Crippen LogP contribution is 2.19. The number of nitrogens with one attached hydrogen (secondary N) is 2. The van der Waals surface area contributed by atoms with Crippen molar-refractivity contribution in [3.63, 3.8) is 0 Å². The number of rotatable bonds is 8. The summed E-state index contributed by atoms with van der Waals surface area (Å²) in [6.45, 7) is 9.41. The molecule has 0 aliphatic carbocycles. The van der Waals surface area contributed by atoms with E-state index in [0.717, 1.165) is 19.4 Å². The highest BCUT2D eigenvalue weighted by atomic mass is 32.2. The maximum atomic E-state index is 12.1. The van der Waals surface area contributed by atoms with Crippen LogP contribution in [-0.4, -0.2) is 26.5 Å². The number of sulfonamides is 1. The third-order valence-corrected chi connectivity index (χ3v) is 4.69. The van der Waals surface area contributed by atoms with Crippen molar-refractivity contribution in [3.05, 3.63) is 18.3 Å². The number of anilines is 1. The molecule has 2 N–H and O–H groups in total. The molecule has 1 heterocycles. The Morgan fingerprint density at radius 3 is 2.45 bits per heavy atom. The zero-order valence-corrected chi connectivity index (χ0v) is 13.5. The molecule has 20 heavy (non-hydrogen) atoms. The zero-order valence-electron chi connectivity index (χ0n) is 12.7. The van der Waals surface area contributed by atoms with Crippen LogP contribution >= 0.6 is 0 Å². The molecule has 6 heteroatoms. The predicted octanol–water partition coefficient (Wildman–Crippen LogP) is 2.62. The molecule has 0 bridgehead atoms. The molecule has 0 atom stereocenters. The summed E-state index contributed by atoms with van der Waals surface area (Å²) < 4.78 is 26.9. The maximum Gasteiger partial charge on any atom is 0.242 e. The summed E-state index contributed by atoms with van der Waals surface area (Å²) in [6.07, 6.45) is 3.29. The van der Waals surface area contributed by atoms with Crippen LogP contribution < -0.4 is 10.0 Å². The predicted molar refractivity (Wildman–Crippen MR) is 82.3 cm³/mol. The van der Waals surface area contributed by atoms with Crippen LogP contribution in [0.2, 0.25) is 0 Å². The van der Waals surface area contributed by atoms with E-state index in [9.17, 15) is 8.42 Å². The summed E-state index contributed by atoms with van der Waals surface area (Å²) in [5.41, 5.74) is -0.0525. The second kappa shape index (κ2) is 7.04. The van der Waals surface area contributed by atoms with Crippen molar-refractivity contribution in [2.75, 3.05) is 18.4 Å². The van der Waals surface area contributed by atoms with E-state index in [0.29, 0.717) is 12.4 Å². The van der Waals surface area contributed by atoms with Crippen LogP contribution in [0.4, 0.5) is 5.82 Å². The first-order valence-electron chi connectivity index (χ1n) is 7.00. The molecule has 0 unspecified atom stereocenters. The standard InChI is InChI=1S/C14H25N3O2S/c1-5-9-15-13-8-7-12(10-16-13)20(18,19)17-11-14(3,4)6-2/h7-8,10,17H,5-6,9,11H2,1-4H3,(H,15,16). The summed E-state index contributed by atoms with van der Waals surface area (Å²) in [4.78, 5) is 4.32. The fraction of sp³-hybridized carbons (Fsp3) is 0.643. The van der Waals surface area contributed by atoms with Crippen LogP contribution in [0, 0.1) is 5.41 Å². The van der Waals surface area contributed by atoms with Crippen molar-refractivity contribution in [2.45, 2.75) is 45.4 Å². The Labute approximate surface area is 122 Å². The van der Waals surface area contributed by atoms with Gasteiger partial charge in [-0.3, -0.25) is 0 Å². The molecule has 114 valence electrons. The van der Waals surface area contributed by atoms with Gasteiger partial charge in [-0.2, -0.15) is 0 Å². The van der Waals surface area contributed by atoms with Gasteiger partial charge in [0.2, 0.25) is 10.0 Å². The van der Waals surface area contributed by atoms with Crippen molar-refractivity contribution in [2.24, 2.45) is 5.41 Å². The first-order chi connectivity index (χ1) is 9.30. The molecule has 0 fully saturated rings. The normalized spacial score (nSPS) is 12.4. The molecule has 0 spiro atoms. The Morgan fingerprint density at radius 1 is 1.25 bits per heavy atom. The van der Waals surface area contributed by atoms with Crippen LogP contribution in [0.15, 0.2) is 23.2 Å². The Balaban J connectivity index is 2.73. The van der Waals surface area contributed by atoms with Gasteiger partial charge in [0, 0.05) is 19.3 Å². The average molecular weight is 299 g/mol. The van der Waals surface area contributed by atoms with E-state index in [4.69, 9.17) is 0 Å². The minimum Gasteiger partial charge on any atom is -0.370 e. The molecule has 1 aromatic rings. The first-order valence-corrected chi connectivity index (χ1v) is 8.48. The topological polar surface area (TPSA) is 71.1 Å². The summed E-state index contributed by atoms with van der Waals surface area (Å²) in [5, 5.41) is 3.11. The highest BCUT2D eigenvalue weighted by molar-refractivity contribution is 7.89. The molecule has 1 rings (SSSR count). The molecular formula is C14H25N3O2S. The number of hydrogen-bond donors (Lipinski definition) is 2. The van der Waals surface area contributed by atoms with Gasteiger partial charge in [-0.25, -0.2) is 18.1 Å². The minimum absolute atomic E-state index is 0.0525. The lowest BCUT2D eigenvalue weighted by Gasteiger charge is -2.22. The monoisotopic (exact) mass is 299 g/mol. The Morgan fingerprint density at radius 2 is 1.95 bits per heavy atom. The smallest absolute Gasteiger partial charge is 0.242 e.